The van der Waals surface area contributed by atoms with E-state index in [2.05, 4.69) is 48.6 Å². The van der Waals surface area contributed by atoms with Crippen LogP contribution in [0.3, 0.4) is 0 Å². The highest BCUT2D eigenvalue weighted by atomic mass is 13.9. The quantitative estimate of drug-likeness (QED) is 0.489. The van der Waals surface area contributed by atoms with Crippen molar-refractivity contribution in [2.75, 3.05) is 0 Å². The lowest BCUT2D eigenvalue weighted by Gasteiger charge is -1.91. The fourth-order valence-corrected chi connectivity index (χ4v) is 1.40. The van der Waals surface area contributed by atoms with Crippen LogP contribution in [0.5, 0.6) is 0 Å². The lowest BCUT2D eigenvalue weighted by molar-refractivity contribution is 0.865. The van der Waals surface area contributed by atoms with Crippen LogP contribution in [0.1, 0.15) is 38.5 Å². The van der Waals surface area contributed by atoms with Gasteiger partial charge in [-0.05, 0) is 38.5 Å². The van der Waals surface area contributed by atoms with Crippen molar-refractivity contribution in [3.8, 4) is 0 Å². The predicted molar refractivity (Wildman–Crippen MR) is 64.3 cm³/mol. The fraction of sp³-hybridized carbons (Fsp3) is 0.429. The maximum Gasteiger partial charge on any atom is -0.0169 e. The Labute approximate surface area is 87.7 Å². The zero-order valence-electron chi connectivity index (χ0n) is 8.86. The van der Waals surface area contributed by atoms with Gasteiger partial charge < -0.3 is 0 Å². The van der Waals surface area contributed by atoms with Crippen LogP contribution in [0.2, 0.25) is 0 Å². The van der Waals surface area contributed by atoms with Crippen LogP contribution in [-0.2, 0) is 0 Å². The van der Waals surface area contributed by atoms with Crippen LogP contribution in [0.15, 0.2) is 48.6 Å². The highest BCUT2D eigenvalue weighted by Gasteiger charge is 1.81. The van der Waals surface area contributed by atoms with Crippen LogP contribution < -0.4 is 0 Å². The largest absolute Gasteiger partial charge is 0.0882 e. The minimum absolute atomic E-state index is 1.10. The Hall–Kier alpha value is -1.04. The van der Waals surface area contributed by atoms with Crippen LogP contribution >= 0.6 is 0 Å². The molecule has 0 amide bonds. The van der Waals surface area contributed by atoms with E-state index in [9.17, 15) is 0 Å². The minimum Gasteiger partial charge on any atom is -0.0882 e. The van der Waals surface area contributed by atoms with E-state index in [4.69, 9.17) is 0 Å². The second-order valence-corrected chi connectivity index (χ2v) is 3.54. The standard InChI is InChI=1S/C14H20/c1-2-4-6-8-10-12-14-13-11-9-7-5-3-1/h1-4,9,11-12,14H,5-8,10,13H2/b3-1+,4-2-,11-9+,14-12+. The normalized spacial score (nSPS) is 28.6. The van der Waals surface area contributed by atoms with Crippen LogP contribution in [0, 0.1) is 0 Å². The van der Waals surface area contributed by atoms with Gasteiger partial charge in [-0.3, -0.25) is 0 Å². The maximum absolute atomic E-state index is 2.29. The Balaban J connectivity index is 2.34. The van der Waals surface area contributed by atoms with Crippen molar-refractivity contribution in [2.24, 2.45) is 0 Å². The van der Waals surface area contributed by atoms with Gasteiger partial charge in [0, 0.05) is 0 Å². The second kappa shape index (κ2) is 8.55. The van der Waals surface area contributed by atoms with Crippen molar-refractivity contribution in [1.29, 1.82) is 0 Å². The van der Waals surface area contributed by atoms with Gasteiger partial charge in [0.2, 0.25) is 0 Å². The maximum atomic E-state index is 2.29. The summed E-state index contributed by atoms with van der Waals surface area (Å²) >= 11 is 0. The topological polar surface area (TPSA) is 0 Å². The SMILES string of the molecule is C1=C\CCC/C=C/C/C=C/CC/C=C/1. The van der Waals surface area contributed by atoms with Gasteiger partial charge in [0.05, 0.1) is 0 Å². The first-order valence-corrected chi connectivity index (χ1v) is 5.62. The molecule has 1 rings (SSSR count). The molecule has 0 unspecified atom stereocenters. The van der Waals surface area contributed by atoms with Gasteiger partial charge in [0.15, 0.2) is 0 Å². The molecule has 0 radical (unpaired) electrons. The molecule has 0 aromatic carbocycles. The van der Waals surface area contributed by atoms with Crippen molar-refractivity contribution < 1.29 is 0 Å². The molecule has 14 heavy (non-hydrogen) atoms. The molecule has 0 aliphatic heterocycles. The molecule has 0 N–H and O–H groups in total. The summed E-state index contributed by atoms with van der Waals surface area (Å²) in [5.41, 5.74) is 0. The van der Waals surface area contributed by atoms with Gasteiger partial charge >= 0.3 is 0 Å². The summed E-state index contributed by atoms with van der Waals surface area (Å²) in [6.07, 6.45) is 25.0. The molecular weight excluding hydrogens is 168 g/mol. The number of allylic oxidation sites excluding steroid dienone is 8. The van der Waals surface area contributed by atoms with E-state index in [1.54, 1.807) is 0 Å². The van der Waals surface area contributed by atoms with Crippen molar-refractivity contribution in [3.05, 3.63) is 48.6 Å². The molecule has 0 heteroatoms. The molecule has 0 aromatic heterocycles. The molecule has 0 atom stereocenters. The Morgan fingerprint density at radius 1 is 0.500 bits per heavy atom. The lowest BCUT2D eigenvalue weighted by Crippen LogP contribution is -1.70. The summed E-state index contributed by atoms with van der Waals surface area (Å²) in [6.45, 7) is 0. The van der Waals surface area contributed by atoms with Crippen LogP contribution in [0.25, 0.3) is 0 Å². The number of hydrogen-bond donors (Lipinski definition) is 0. The molecule has 0 aromatic rings. The first-order chi connectivity index (χ1) is 7.00. The van der Waals surface area contributed by atoms with Crippen LogP contribution in [0.4, 0.5) is 0 Å². The molecule has 0 saturated heterocycles. The zero-order chi connectivity index (χ0) is 9.90. The molecule has 0 saturated carbocycles. The van der Waals surface area contributed by atoms with E-state index in [0.717, 1.165) is 19.3 Å². The van der Waals surface area contributed by atoms with E-state index >= 15 is 0 Å². The average Bonchev–Trinajstić information content (AvgIpc) is 2.22. The summed E-state index contributed by atoms with van der Waals surface area (Å²) < 4.78 is 0. The predicted octanol–water partition coefficient (Wildman–Crippen LogP) is 4.57. The summed E-state index contributed by atoms with van der Waals surface area (Å²) in [7, 11) is 0. The third-order valence-electron chi connectivity index (χ3n) is 2.23. The number of hydrogen-bond acceptors (Lipinski definition) is 0. The van der Waals surface area contributed by atoms with E-state index in [1.165, 1.54) is 19.3 Å². The highest BCUT2D eigenvalue weighted by Crippen LogP contribution is 2.01. The molecule has 76 valence electrons. The molecule has 0 nitrogen and oxygen atoms in total. The van der Waals surface area contributed by atoms with Gasteiger partial charge in [-0.25, -0.2) is 0 Å². The van der Waals surface area contributed by atoms with Gasteiger partial charge in [-0.2, -0.15) is 0 Å². The summed E-state index contributed by atoms with van der Waals surface area (Å²) in [4.78, 5) is 0. The molecule has 0 fully saturated rings. The first kappa shape index (κ1) is 11.0. The van der Waals surface area contributed by atoms with E-state index in [-0.39, 0.29) is 0 Å². The minimum atomic E-state index is 1.10. The first-order valence-electron chi connectivity index (χ1n) is 5.62. The molecule has 1 aliphatic rings. The van der Waals surface area contributed by atoms with Crippen molar-refractivity contribution >= 4 is 0 Å². The number of rotatable bonds is 0. The highest BCUT2D eigenvalue weighted by molar-refractivity contribution is 5.03. The van der Waals surface area contributed by atoms with Gasteiger partial charge in [0.25, 0.3) is 0 Å². The summed E-state index contributed by atoms with van der Waals surface area (Å²) in [6, 6.07) is 0. The molecule has 0 heterocycles. The lowest BCUT2D eigenvalue weighted by atomic mass is 10.2. The van der Waals surface area contributed by atoms with Crippen molar-refractivity contribution in [1.82, 2.24) is 0 Å². The third-order valence-corrected chi connectivity index (χ3v) is 2.23. The summed E-state index contributed by atoms with van der Waals surface area (Å²) in [5.74, 6) is 0. The molecule has 0 spiro atoms. The van der Waals surface area contributed by atoms with E-state index in [0.29, 0.717) is 0 Å². The zero-order valence-corrected chi connectivity index (χ0v) is 8.86. The van der Waals surface area contributed by atoms with Crippen LogP contribution in [-0.4, -0.2) is 0 Å². The Morgan fingerprint density at radius 2 is 1.07 bits per heavy atom. The van der Waals surface area contributed by atoms with Crippen molar-refractivity contribution in [2.45, 2.75) is 38.5 Å². The van der Waals surface area contributed by atoms with Gasteiger partial charge in [0.1, 0.15) is 0 Å². The fourth-order valence-electron chi connectivity index (χ4n) is 1.40. The summed E-state index contributed by atoms with van der Waals surface area (Å²) in [5, 5.41) is 0. The van der Waals surface area contributed by atoms with Gasteiger partial charge in [-0.15, -0.1) is 0 Å². The van der Waals surface area contributed by atoms with E-state index < -0.39 is 0 Å². The average molecular weight is 188 g/mol. The molecular formula is C14H20. The van der Waals surface area contributed by atoms with E-state index in [1.807, 2.05) is 0 Å². The van der Waals surface area contributed by atoms with Gasteiger partial charge in [-0.1, -0.05) is 48.6 Å². The second-order valence-electron chi connectivity index (χ2n) is 3.54. The Bertz CT molecular complexity index is 228. The Kier molecular flexibility index (Phi) is 6.74. The molecule has 1 aliphatic carbocycles. The Morgan fingerprint density at radius 3 is 1.93 bits per heavy atom. The third kappa shape index (κ3) is 6.47. The van der Waals surface area contributed by atoms with Crippen molar-refractivity contribution in [3.63, 3.8) is 0 Å². The monoisotopic (exact) mass is 188 g/mol. The smallest absolute Gasteiger partial charge is 0.0169 e. The molecule has 0 bridgehead atoms.